The number of carbonyl (C=O) groups is 1. The lowest BCUT2D eigenvalue weighted by molar-refractivity contribution is 0.0343. The molecule has 1 aromatic carbocycles. The van der Waals surface area contributed by atoms with Gasteiger partial charge in [-0.3, -0.25) is 4.79 Å². The molecule has 1 aromatic rings. The Kier molecular flexibility index (Phi) is 5.83. The first-order chi connectivity index (χ1) is 9.79. The predicted molar refractivity (Wildman–Crippen MR) is 77.2 cm³/mol. The first-order valence-electron chi connectivity index (χ1n) is 7.04. The summed E-state index contributed by atoms with van der Waals surface area (Å²) in [7, 11) is 1.59. The van der Waals surface area contributed by atoms with E-state index in [1.807, 2.05) is 6.07 Å². The average Bonchev–Trinajstić information content (AvgIpc) is 2.52. The molecule has 0 spiro atoms. The topological polar surface area (TPSA) is 59.6 Å². The van der Waals surface area contributed by atoms with Gasteiger partial charge in [0.15, 0.2) is 0 Å². The van der Waals surface area contributed by atoms with E-state index in [0.717, 1.165) is 25.9 Å². The highest BCUT2D eigenvalue weighted by molar-refractivity contribution is 5.94. The molecule has 5 nitrogen and oxygen atoms in total. The Hall–Kier alpha value is -1.59. The summed E-state index contributed by atoms with van der Waals surface area (Å²) >= 11 is 0. The standard InChI is InChI=1S/C15H22N2O3/c1-19-14-4-2-3-12(11-14)15(18)17-9-10-20-13-5-7-16-8-6-13/h2-4,11,13,16H,5-10H2,1H3,(H,17,18). The molecule has 1 aliphatic heterocycles. The van der Waals surface area contributed by atoms with Gasteiger partial charge in [0.05, 0.1) is 19.8 Å². The summed E-state index contributed by atoms with van der Waals surface area (Å²) in [5, 5.41) is 6.15. The SMILES string of the molecule is COc1cccc(C(=O)NCCOC2CCNCC2)c1. The number of hydrogen-bond acceptors (Lipinski definition) is 4. The molecule has 0 saturated carbocycles. The van der Waals surface area contributed by atoms with Crippen LogP contribution < -0.4 is 15.4 Å². The van der Waals surface area contributed by atoms with Crippen LogP contribution in [-0.2, 0) is 4.74 Å². The van der Waals surface area contributed by atoms with Crippen LogP contribution in [0.2, 0.25) is 0 Å². The molecule has 0 aliphatic carbocycles. The minimum atomic E-state index is -0.0992. The number of piperidine rings is 1. The number of amides is 1. The van der Waals surface area contributed by atoms with E-state index in [1.165, 1.54) is 0 Å². The highest BCUT2D eigenvalue weighted by Gasteiger charge is 2.13. The molecule has 2 N–H and O–H groups in total. The fourth-order valence-corrected chi connectivity index (χ4v) is 2.22. The number of ether oxygens (including phenoxy) is 2. The van der Waals surface area contributed by atoms with E-state index in [4.69, 9.17) is 9.47 Å². The van der Waals surface area contributed by atoms with Crippen LogP contribution >= 0.6 is 0 Å². The Balaban J connectivity index is 1.69. The number of rotatable bonds is 6. The van der Waals surface area contributed by atoms with E-state index in [0.29, 0.717) is 30.6 Å². The predicted octanol–water partition coefficient (Wildman–Crippen LogP) is 1.19. The van der Waals surface area contributed by atoms with Gasteiger partial charge in [0, 0.05) is 12.1 Å². The summed E-state index contributed by atoms with van der Waals surface area (Å²) in [6.45, 7) is 3.11. The van der Waals surface area contributed by atoms with E-state index < -0.39 is 0 Å². The van der Waals surface area contributed by atoms with E-state index in [-0.39, 0.29) is 5.91 Å². The number of hydrogen-bond donors (Lipinski definition) is 2. The molecule has 110 valence electrons. The lowest BCUT2D eigenvalue weighted by Crippen LogP contribution is -2.34. The first-order valence-corrected chi connectivity index (χ1v) is 7.04. The third kappa shape index (κ3) is 4.51. The molecule has 2 rings (SSSR count). The Morgan fingerprint density at radius 2 is 2.20 bits per heavy atom. The van der Waals surface area contributed by atoms with Crippen molar-refractivity contribution in [1.82, 2.24) is 10.6 Å². The molecule has 0 bridgehead atoms. The van der Waals surface area contributed by atoms with Crippen molar-refractivity contribution in [2.24, 2.45) is 0 Å². The summed E-state index contributed by atoms with van der Waals surface area (Å²) in [4.78, 5) is 11.9. The van der Waals surface area contributed by atoms with E-state index in [9.17, 15) is 4.79 Å². The van der Waals surface area contributed by atoms with Crippen molar-refractivity contribution in [1.29, 1.82) is 0 Å². The second-order valence-corrected chi connectivity index (χ2v) is 4.81. The van der Waals surface area contributed by atoms with Crippen molar-refractivity contribution in [2.75, 3.05) is 33.4 Å². The van der Waals surface area contributed by atoms with Gasteiger partial charge >= 0.3 is 0 Å². The van der Waals surface area contributed by atoms with Crippen molar-refractivity contribution in [3.8, 4) is 5.75 Å². The van der Waals surface area contributed by atoms with Gasteiger partial charge in [0.2, 0.25) is 0 Å². The summed E-state index contributed by atoms with van der Waals surface area (Å²) < 4.78 is 10.8. The first kappa shape index (κ1) is 14.8. The second kappa shape index (κ2) is 7.87. The van der Waals surface area contributed by atoms with Gasteiger partial charge in [-0.15, -0.1) is 0 Å². The summed E-state index contributed by atoms with van der Waals surface area (Å²) in [5.74, 6) is 0.585. The van der Waals surface area contributed by atoms with Gasteiger partial charge in [-0.2, -0.15) is 0 Å². The summed E-state index contributed by atoms with van der Waals surface area (Å²) in [5.41, 5.74) is 0.603. The molecule has 0 unspecified atom stereocenters. The molecule has 1 aliphatic rings. The molecule has 1 heterocycles. The number of nitrogens with one attached hydrogen (secondary N) is 2. The average molecular weight is 278 g/mol. The number of benzene rings is 1. The van der Waals surface area contributed by atoms with Gasteiger partial charge in [-0.25, -0.2) is 0 Å². The summed E-state index contributed by atoms with van der Waals surface area (Å²) in [6.07, 6.45) is 2.41. The maximum Gasteiger partial charge on any atom is 0.251 e. The van der Waals surface area contributed by atoms with Crippen LogP contribution in [0.25, 0.3) is 0 Å². The Morgan fingerprint density at radius 1 is 1.40 bits per heavy atom. The second-order valence-electron chi connectivity index (χ2n) is 4.81. The molecule has 1 saturated heterocycles. The fourth-order valence-electron chi connectivity index (χ4n) is 2.22. The van der Waals surface area contributed by atoms with Crippen LogP contribution in [0.15, 0.2) is 24.3 Å². The quantitative estimate of drug-likeness (QED) is 0.768. The molecule has 20 heavy (non-hydrogen) atoms. The fraction of sp³-hybridized carbons (Fsp3) is 0.533. The molecular formula is C15H22N2O3. The van der Waals surface area contributed by atoms with E-state index >= 15 is 0 Å². The van der Waals surface area contributed by atoms with Crippen molar-refractivity contribution >= 4 is 5.91 Å². The third-order valence-electron chi connectivity index (χ3n) is 3.36. The molecule has 1 fully saturated rings. The number of carbonyl (C=O) groups excluding carboxylic acids is 1. The Labute approximate surface area is 119 Å². The lowest BCUT2D eigenvalue weighted by Gasteiger charge is -2.22. The van der Waals surface area contributed by atoms with Gasteiger partial charge < -0.3 is 20.1 Å². The van der Waals surface area contributed by atoms with Crippen molar-refractivity contribution in [3.63, 3.8) is 0 Å². The van der Waals surface area contributed by atoms with Gasteiger partial charge in [0.25, 0.3) is 5.91 Å². The van der Waals surface area contributed by atoms with Crippen molar-refractivity contribution < 1.29 is 14.3 Å². The molecule has 0 radical (unpaired) electrons. The van der Waals surface area contributed by atoms with Crippen LogP contribution in [0.1, 0.15) is 23.2 Å². The zero-order chi connectivity index (χ0) is 14.2. The maximum atomic E-state index is 11.9. The lowest BCUT2D eigenvalue weighted by atomic mass is 10.1. The molecule has 1 amide bonds. The smallest absolute Gasteiger partial charge is 0.251 e. The largest absolute Gasteiger partial charge is 0.497 e. The van der Waals surface area contributed by atoms with Crippen LogP contribution in [-0.4, -0.2) is 45.4 Å². The minimum Gasteiger partial charge on any atom is -0.497 e. The van der Waals surface area contributed by atoms with Gasteiger partial charge in [-0.05, 0) is 44.1 Å². The molecule has 0 aromatic heterocycles. The molecule has 5 heteroatoms. The van der Waals surface area contributed by atoms with Crippen LogP contribution in [0, 0.1) is 0 Å². The van der Waals surface area contributed by atoms with Crippen molar-refractivity contribution in [2.45, 2.75) is 18.9 Å². The maximum absolute atomic E-state index is 11.9. The van der Waals surface area contributed by atoms with Gasteiger partial charge in [-0.1, -0.05) is 6.07 Å². The van der Waals surface area contributed by atoms with Crippen LogP contribution in [0.4, 0.5) is 0 Å². The van der Waals surface area contributed by atoms with E-state index in [2.05, 4.69) is 10.6 Å². The Bertz CT molecular complexity index is 431. The van der Waals surface area contributed by atoms with Gasteiger partial charge in [0.1, 0.15) is 5.75 Å². The minimum absolute atomic E-state index is 0.0992. The van der Waals surface area contributed by atoms with Crippen LogP contribution in [0.5, 0.6) is 5.75 Å². The number of methoxy groups -OCH3 is 1. The highest BCUT2D eigenvalue weighted by Crippen LogP contribution is 2.12. The zero-order valence-electron chi connectivity index (χ0n) is 11.9. The molecular weight excluding hydrogens is 256 g/mol. The molecule has 0 atom stereocenters. The normalized spacial score (nSPS) is 15.8. The third-order valence-corrected chi connectivity index (χ3v) is 3.36. The summed E-state index contributed by atoms with van der Waals surface area (Å²) in [6, 6.07) is 7.12. The highest BCUT2D eigenvalue weighted by atomic mass is 16.5. The zero-order valence-corrected chi connectivity index (χ0v) is 11.9. The Morgan fingerprint density at radius 3 is 2.95 bits per heavy atom. The van der Waals surface area contributed by atoms with E-state index in [1.54, 1.807) is 25.3 Å². The van der Waals surface area contributed by atoms with Crippen LogP contribution in [0.3, 0.4) is 0 Å². The monoisotopic (exact) mass is 278 g/mol. The van der Waals surface area contributed by atoms with Crippen molar-refractivity contribution in [3.05, 3.63) is 29.8 Å².